The molecule has 2 fully saturated rings. The van der Waals surface area contributed by atoms with Gasteiger partial charge < -0.3 is 15.5 Å². The molecule has 2 N–H and O–H groups in total. The Bertz CT molecular complexity index is 457. The minimum Gasteiger partial charge on any atom is -0.357 e. The van der Waals surface area contributed by atoms with Gasteiger partial charge in [-0.1, -0.05) is 0 Å². The number of nitrogens with one attached hydrogen (secondary N) is 2. The summed E-state index contributed by atoms with van der Waals surface area (Å²) >= 11 is 2.00. The molecule has 0 spiro atoms. The molecule has 0 radical (unpaired) electrons. The van der Waals surface area contributed by atoms with E-state index in [1.807, 2.05) is 18.8 Å². The van der Waals surface area contributed by atoms with Crippen LogP contribution in [-0.4, -0.2) is 52.6 Å². The first-order valence-corrected chi connectivity index (χ1v) is 9.03. The number of aromatic nitrogens is 3. The third-order valence-electron chi connectivity index (χ3n) is 3.98. The molecule has 1 aromatic rings. The van der Waals surface area contributed by atoms with Crippen molar-refractivity contribution in [2.24, 2.45) is 0 Å². The number of piperidine rings is 1. The van der Waals surface area contributed by atoms with Crippen molar-refractivity contribution in [1.82, 2.24) is 15.0 Å². The Morgan fingerprint density at radius 2 is 1.86 bits per heavy atom. The molecule has 1 aromatic heterocycles. The molecule has 0 saturated carbocycles. The lowest BCUT2D eigenvalue weighted by molar-refractivity contribution is 0.567. The molecule has 6 nitrogen and oxygen atoms in total. The fraction of sp³-hybridized carbons (Fsp3) is 0.786. The van der Waals surface area contributed by atoms with Gasteiger partial charge in [0.15, 0.2) is 0 Å². The van der Waals surface area contributed by atoms with Gasteiger partial charge in [0, 0.05) is 31.9 Å². The van der Waals surface area contributed by atoms with Gasteiger partial charge in [0.2, 0.25) is 17.8 Å². The van der Waals surface area contributed by atoms with Crippen molar-refractivity contribution in [3.63, 3.8) is 0 Å². The molecular formula is C14H24N6S. The molecule has 2 aliphatic rings. The number of rotatable bonds is 4. The largest absolute Gasteiger partial charge is 0.357 e. The van der Waals surface area contributed by atoms with Gasteiger partial charge in [-0.05, 0) is 37.9 Å². The van der Waals surface area contributed by atoms with Crippen molar-refractivity contribution in [3.8, 4) is 0 Å². The molecular weight excluding hydrogens is 284 g/mol. The first-order chi connectivity index (χ1) is 10.3. The average molecular weight is 308 g/mol. The van der Waals surface area contributed by atoms with Crippen LogP contribution in [0.1, 0.15) is 32.1 Å². The topological polar surface area (TPSA) is 66.0 Å². The zero-order valence-electron chi connectivity index (χ0n) is 12.6. The summed E-state index contributed by atoms with van der Waals surface area (Å²) in [6.45, 7) is 2.10. The molecule has 0 aromatic carbocycles. The number of anilines is 3. The second-order valence-electron chi connectivity index (χ2n) is 5.64. The molecule has 1 atom stereocenters. The van der Waals surface area contributed by atoms with E-state index in [0.717, 1.165) is 24.8 Å². The zero-order valence-corrected chi connectivity index (χ0v) is 13.5. The summed E-state index contributed by atoms with van der Waals surface area (Å²) in [5.74, 6) is 4.58. The lowest BCUT2D eigenvalue weighted by Gasteiger charge is -2.27. The van der Waals surface area contributed by atoms with Crippen molar-refractivity contribution in [1.29, 1.82) is 0 Å². The minimum absolute atomic E-state index is 0.477. The van der Waals surface area contributed by atoms with E-state index < -0.39 is 0 Å². The van der Waals surface area contributed by atoms with Crippen molar-refractivity contribution < 1.29 is 0 Å². The Hall–Kier alpha value is -1.24. The van der Waals surface area contributed by atoms with E-state index in [1.54, 1.807) is 0 Å². The molecule has 1 unspecified atom stereocenters. The van der Waals surface area contributed by atoms with Crippen LogP contribution in [0.2, 0.25) is 0 Å². The Kier molecular flexibility index (Phi) is 5.00. The minimum atomic E-state index is 0.477. The van der Waals surface area contributed by atoms with Gasteiger partial charge in [0.25, 0.3) is 0 Å². The molecule has 3 rings (SSSR count). The van der Waals surface area contributed by atoms with Gasteiger partial charge in [-0.15, -0.1) is 0 Å². The van der Waals surface area contributed by atoms with Crippen LogP contribution in [0.4, 0.5) is 17.8 Å². The van der Waals surface area contributed by atoms with Crippen LogP contribution in [-0.2, 0) is 0 Å². The first kappa shape index (κ1) is 14.7. The maximum absolute atomic E-state index is 4.64. The molecule has 0 aliphatic carbocycles. The quantitative estimate of drug-likeness (QED) is 0.884. The van der Waals surface area contributed by atoms with Crippen LogP contribution in [0.25, 0.3) is 0 Å². The number of thioether (sulfide) groups is 1. The standard InChI is InChI=1S/C14H24N6S/c1-15-12-17-13(16-11-6-5-9-21-10-11)19-14(18-12)20-7-3-2-4-8-20/h11H,2-10H2,1H3,(H2,15,16,17,18,19). The Morgan fingerprint density at radius 1 is 1.05 bits per heavy atom. The summed E-state index contributed by atoms with van der Waals surface area (Å²) in [6.07, 6.45) is 6.23. The highest BCUT2D eigenvalue weighted by Gasteiger charge is 2.18. The maximum Gasteiger partial charge on any atom is 0.231 e. The van der Waals surface area contributed by atoms with Crippen LogP contribution >= 0.6 is 11.8 Å². The number of hydrogen-bond acceptors (Lipinski definition) is 7. The summed E-state index contributed by atoms with van der Waals surface area (Å²) in [4.78, 5) is 15.9. The van der Waals surface area contributed by atoms with Gasteiger partial charge in [0.05, 0.1) is 0 Å². The van der Waals surface area contributed by atoms with Crippen molar-refractivity contribution in [2.45, 2.75) is 38.1 Å². The predicted molar refractivity (Wildman–Crippen MR) is 89.4 cm³/mol. The summed E-state index contributed by atoms with van der Waals surface area (Å²) in [6, 6.07) is 0.477. The zero-order chi connectivity index (χ0) is 14.5. The highest BCUT2D eigenvalue weighted by Crippen LogP contribution is 2.22. The van der Waals surface area contributed by atoms with Crippen molar-refractivity contribution in [3.05, 3.63) is 0 Å². The molecule has 7 heteroatoms. The molecule has 0 amide bonds. The smallest absolute Gasteiger partial charge is 0.231 e. The predicted octanol–water partition coefficient (Wildman–Crippen LogP) is 2.21. The number of nitrogens with zero attached hydrogens (tertiary/aromatic N) is 4. The highest BCUT2D eigenvalue weighted by molar-refractivity contribution is 7.99. The van der Waals surface area contributed by atoms with Crippen LogP contribution in [0.5, 0.6) is 0 Å². The van der Waals surface area contributed by atoms with Crippen LogP contribution in [0, 0.1) is 0 Å². The fourth-order valence-electron chi connectivity index (χ4n) is 2.81. The van der Waals surface area contributed by atoms with E-state index in [-0.39, 0.29) is 0 Å². The second kappa shape index (κ2) is 7.15. The summed E-state index contributed by atoms with van der Waals surface area (Å²) < 4.78 is 0. The lowest BCUT2D eigenvalue weighted by Crippen LogP contribution is -2.32. The Morgan fingerprint density at radius 3 is 2.57 bits per heavy atom. The van der Waals surface area contributed by atoms with Crippen LogP contribution in [0.15, 0.2) is 0 Å². The van der Waals surface area contributed by atoms with Crippen LogP contribution in [0.3, 0.4) is 0 Å². The second-order valence-corrected chi connectivity index (χ2v) is 6.79. The van der Waals surface area contributed by atoms with Gasteiger partial charge in [-0.25, -0.2) is 0 Å². The number of hydrogen-bond donors (Lipinski definition) is 2. The summed E-state index contributed by atoms with van der Waals surface area (Å²) in [5.41, 5.74) is 0. The molecule has 21 heavy (non-hydrogen) atoms. The van der Waals surface area contributed by atoms with E-state index in [1.165, 1.54) is 37.9 Å². The SMILES string of the molecule is CNc1nc(NC2CCCSC2)nc(N2CCCCC2)n1. The van der Waals surface area contributed by atoms with Crippen molar-refractivity contribution in [2.75, 3.05) is 47.2 Å². The van der Waals surface area contributed by atoms with E-state index >= 15 is 0 Å². The molecule has 0 bridgehead atoms. The normalized spacial score (nSPS) is 22.9. The molecule has 116 valence electrons. The third kappa shape index (κ3) is 3.90. The van der Waals surface area contributed by atoms with E-state index in [9.17, 15) is 0 Å². The maximum atomic E-state index is 4.64. The Balaban J connectivity index is 1.75. The third-order valence-corrected chi connectivity index (χ3v) is 5.20. The fourth-order valence-corrected chi connectivity index (χ4v) is 3.89. The summed E-state index contributed by atoms with van der Waals surface area (Å²) in [5, 5.41) is 6.54. The Labute approximate surface area is 130 Å². The average Bonchev–Trinajstić information content (AvgIpc) is 2.56. The monoisotopic (exact) mass is 308 g/mol. The van der Waals surface area contributed by atoms with Crippen molar-refractivity contribution >= 4 is 29.6 Å². The highest BCUT2D eigenvalue weighted by atomic mass is 32.2. The van der Waals surface area contributed by atoms with Gasteiger partial charge >= 0.3 is 0 Å². The van der Waals surface area contributed by atoms with Crippen LogP contribution < -0.4 is 15.5 Å². The van der Waals surface area contributed by atoms with Gasteiger partial charge in [-0.2, -0.15) is 26.7 Å². The first-order valence-electron chi connectivity index (χ1n) is 7.88. The summed E-state index contributed by atoms with van der Waals surface area (Å²) in [7, 11) is 1.86. The van der Waals surface area contributed by atoms with Gasteiger partial charge in [-0.3, -0.25) is 0 Å². The molecule has 3 heterocycles. The van der Waals surface area contributed by atoms with Gasteiger partial charge in [0.1, 0.15) is 0 Å². The van der Waals surface area contributed by atoms with E-state index in [2.05, 4.69) is 30.5 Å². The molecule has 2 aliphatic heterocycles. The van der Waals surface area contributed by atoms with E-state index in [0.29, 0.717) is 17.9 Å². The van der Waals surface area contributed by atoms with E-state index in [4.69, 9.17) is 0 Å². The lowest BCUT2D eigenvalue weighted by atomic mass is 10.1. The molecule has 2 saturated heterocycles.